The third kappa shape index (κ3) is 6.40. The quantitative estimate of drug-likeness (QED) is 0.632. The fourth-order valence-electron chi connectivity index (χ4n) is 2.17. The van der Waals surface area contributed by atoms with Crippen LogP contribution in [-0.4, -0.2) is 33.4 Å². The van der Waals surface area contributed by atoms with Gasteiger partial charge < -0.3 is 14.8 Å². The molecule has 3 nitrogen and oxygen atoms in total. The van der Waals surface area contributed by atoms with Gasteiger partial charge in [-0.25, -0.2) is 0 Å². The molecule has 0 saturated carbocycles. The van der Waals surface area contributed by atoms with Crippen LogP contribution in [-0.2, 0) is 4.74 Å². The lowest BCUT2D eigenvalue weighted by atomic mass is 9.98. The van der Waals surface area contributed by atoms with E-state index in [1.54, 1.807) is 7.11 Å². The highest BCUT2D eigenvalue weighted by atomic mass is 16.5. The molecule has 3 heteroatoms. The second-order valence-electron chi connectivity index (χ2n) is 5.26. The summed E-state index contributed by atoms with van der Waals surface area (Å²) in [5, 5.41) is 2.34. The van der Waals surface area contributed by atoms with Gasteiger partial charge in [0, 0.05) is 20.0 Å². The Morgan fingerprint density at radius 3 is 2.50 bits per heavy atom. The summed E-state index contributed by atoms with van der Waals surface area (Å²) in [4.78, 5) is 0. The maximum Gasteiger partial charge on any atom is 0.122 e. The Balaban J connectivity index is 2.22. The second kappa shape index (κ2) is 10.7. The lowest BCUT2D eigenvalue weighted by Crippen LogP contribution is -2.84. The number of methoxy groups -OCH3 is 1. The zero-order chi connectivity index (χ0) is 14.6. The summed E-state index contributed by atoms with van der Waals surface area (Å²) in [6.45, 7) is 8.39. The highest BCUT2D eigenvalue weighted by Gasteiger charge is 2.09. The first-order chi connectivity index (χ1) is 9.79. The van der Waals surface area contributed by atoms with Crippen LogP contribution in [0, 0.1) is 0 Å². The third-order valence-electron chi connectivity index (χ3n) is 3.63. The van der Waals surface area contributed by atoms with E-state index >= 15 is 0 Å². The summed E-state index contributed by atoms with van der Waals surface area (Å²) in [6.07, 6.45) is 3.35. The number of quaternary nitrogens is 1. The van der Waals surface area contributed by atoms with Crippen molar-refractivity contribution in [2.45, 2.75) is 39.0 Å². The van der Waals surface area contributed by atoms with E-state index in [9.17, 15) is 0 Å². The van der Waals surface area contributed by atoms with Crippen LogP contribution in [0.5, 0.6) is 5.75 Å². The molecule has 0 unspecified atom stereocenters. The van der Waals surface area contributed by atoms with E-state index in [1.165, 1.54) is 5.56 Å². The topological polar surface area (TPSA) is 35.1 Å². The summed E-state index contributed by atoms with van der Waals surface area (Å²) in [5.74, 6) is 1.62. The number of hydrogen-bond acceptors (Lipinski definition) is 2. The van der Waals surface area contributed by atoms with Gasteiger partial charge in [0.2, 0.25) is 0 Å². The van der Waals surface area contributed by atoms with E-state index in [-0.39, 0.29) is 0 Å². The molecule has 2 N–H and O–H groups in total. The number of ether oxygens (including phenoxy) is 2. The lowest BCUT2D eigenvalue weighted by molar-refractivity contribution is -0.655. The van der Waals surface area contributed by atoms with Gasteiger partial charge in [0.1, 0.15) is 5.75 Å². The van der Waals surface area contributed by atoms with Gasteiger partial charge in [-0.3, -0.25) is 0 Å². The Kier molecular flexibility index (Phi) is 9.09. The van der Waals surface area contributed by atoms with Gasteiger partial charge in [0.25, 0.3) is 0 Å². The molecule has 114 valence electrons. The highest BCUT2D eigenvalue weighted by Crippen LogP contribution is 2.28. The van der Waals surface area contributed by atoms with Gasteiger partial charge in [0.05, 0.1) is 26.3 Å². The first kappa shape index (κ1) is 17.0. The Bertz CT molecular complexity index is 355. The van der Waals surface area contributed by atoms with E-state index in [0.29, 0.717) is 5.92 Å². The highest BCUT2D eigenvalue weighted by molar-refractivity contribution is 5.35. The smallest absolute Gasteiger partial charge is 0.122 e. The molecule has 0 saturated heterocycles. The molecule has 1 aromatic rings. The van der Waals surface area contributed by atoms with Crippen LogP contribution in [0.4, 0.5) is 0 Å². The van der Waals surface area contributed by atoms with Crippen LogP contribution >= 0.6 is 0 Å². The van der Waals surface area contributed by atoms with Crippen LogP contribution in [0.3, 0.4) is 0 Å². The maximum absolute atomic E-state index is 5.94. The first-order valence-corrected chi connectivity index (χ1v) is 7.81. The van der Waals surface area contributed by atoms with Gasteiger partial charge >= 0.3 is 0 Å². The van der Waals surface area contributed by atoms with Gasteiger partial charge in [-0.15, -0.1) is 0 Å². The summed E-state index contributed by atoms with van der Waals surface area (Å²) in [6, 6.07) is 8.42. The van der Waals surface area contributed by atoms with Crippen LogP contribution in [0.1, 0.15) is 44.6 Å². The van der Waals surface area contributed by atoms with E-state index in [4.69, 9.17) is 9.47 Å². The van der Waals surface area contributed by atoms with Crippen LogP contribution < -0.4 is 10.1 Å². The van der Waals surface area contributed by atoms with Crippen molar-refractivity contribution in [3.05, 3.63) is 29.8 Å². The fourth-order valence-corrected chi connectivity index (χ4v) is 2.17. The predicted molar refractivity (Wildman–Crippen MR) is 83.4 cm³/mol. The zero-order valence-corrected chi connectivity index (χ0v) is 13.2. The minimum absolute atomic E-state index is 0.562. The molecule has 0 fully saturated rings. The number of hydrogen-bond donors (Lipinski definition) is 1. The van der Waals surface area contributed by atoms with E-state index < -0.39 is 0 Å². The molecule has 0 radical (unpaired) electrons. The molecule has 0 aromatic heterocycles. The molecule has 1 aromatic carbocycles. The lowest BCUT2D eigenvalue weighted by Gasteiger charge is -2.15. The van der Waals surface area contributed by atoms with Crippen LogP contribution in [0.25, 0.3) is 0 Å². The minimum Gasteiger partial charge on any atom is -0.493 e. The predicted octanol–water partition coefficient (Wildman–Crippen LogP) is 2.57. The molecule has 0 spiro atoms. The number of para-hydroxylation sites is 1. The Labute approximate surface area is 123 Å². The molecule has 0 bridgehead atoms. The Morgan fingerprint density at radius 2 is 1.80 bits per heavy atom. The number of rotatable bonds is 11. The second-order valence-corrected chi connectivity index (χ2v) is 5.26. The van der Waals surface area contributed by atoms with Crippen LogP contribution in [0.15, 0.2) is 24.3 Å². The molecule has 0 aliphatic rings. The minimum atomic E-state index is 0.562. The van der Waals surface area contributed by atoms with Crippen molar-refractivity contribution < 1.29 is 14.8 Å². The molecule has 0 aliphatic heterocycles. The monoisotopic (exact) mass is 280 g/mol. The first-order valence-electron chi connectivity index (χ1n) is 7.81. The third-order valence-corrected chi connectivity index (χ3v) is 3.63. The van der Waals surface area contributed by atoms with Crippen molar-refractivity contribution in [2.24, 2.45) is 0 Å². The zero-order valence-electron chi connectivity index (χ0n) is 13.2. The summed E-state index contributed by atoms with van der Waals surface area (Å²) < 4.78 is 11.0. The van der Waals surface area contributed by atoms with Gasteiger partial charge in [-0.1, -0.05) is 32.0 Å². The van der Waals surface area contributed by atoms with Crippen molar-refractivity contribution in [2.75, 3.05) is 33.4 Å². The molecular weight excluding hydrogens is 250 g/mol. The van der Waals surface area contributed by atoms with Gasteiger partial charge in [0.15, 0.2) is 0 Å². The largest absolute Gasteiger partial charge is 0.493 e. The molecule has 1 atom stereocenters. The van der Waals surface area contributed by atoms with Gasteiger partial charge in [-0.05, 0) is 24.0 Å². The van der Waals surface area contributed by atoms with Crippen molar-refractivity contribution in [1.82, 2.24) is 0 Å². The standard InChI is InChI=1S/C17H29NO2/c1-4-15(2)16-9-5-6-10-17(16)20-14-8-12-18-11-7-13-19-3/h5-6,9-10,15,18H,4,7-8,11-14H2,1-3H3/p+1/t15-/m0/s1. The number of benzene rings is 1. The summed E-state index contributed by atoms with van der Waals surface area (Å²) in [5.41, 5.74) is 1.33. The van der Waals surface area contributed by atoms with E-state index in [1.807, 2.05) is 0 Å². The normalized spacial score (nSPS) is 12.3. The van der Waals surface area contributed by atoms with E-state index in [2.05, 4.69) is 43.4 Å². The summed E-state index contributed by atoms with van der Waals surface area (Å²) >= 11 is 0. The van der Waals surface area contributed by atoms with Crippen molar-refractivity contribution >= 4 is 0 Å². The van der Waals surface area contributed by atoms with Crippen molar-refractivity contribution in [3.8, 4) is 5.75 Å². The SMILES string of the molecule is CC[C@H](C)c1ccccc1OCCC[NH2+]CCCOC. The van der Waals surface area contributed by atoms with Gasteiger partial charge in [-0.2, -0.15) is 0 Å². The molecule has 0 amide bonds. The average molecular weight is 280 g/mol. The number of nitrogens with two attached hydrogens (primary N) is 1. The summed E-state index contributed by atoms with van der Waals surface area (Å²) in [7, 11) is 1.75. The average Bonchev–Trinajstić information content (AvgIpc) is 2.49. The maximum atomic E-state index is 5.94. The fraction of sp³-hybridized carbons (Fsp3) is 0.647. The van der Waals surface area contributed by atoms with Crippen molar-refractivity contribution in [1.29, 1.82) is 0 Å². The van der Waals surface area contributed by atoms with Crippen LogP contribution in [0.2, 0.25) is 0 Å². The molecule has 20 heavy (non-hydrogen) atoms. The van der Waals surface area contributed by atoms with E-state index in [0.717, 1.165) is 51.3 Å². The molecule has 0 aliphatic carbocycles. The molecule has 1 rings (SSSR count). The molecular formula is C17H30NO2+. The Hall–Kier alpha value is -1.06. The molecule has 0 heterocycles. The van der Waals surface area contributed by atoms with Crippen molar-refractivity contribution in [3.63, 3.8) is 0 Å². The Morgan fingerprint density at radius 1 is 1.10 bits per heavy atom.